The fraction of sp³-hybridized carbons (Fsp3) is 0.143. The Morgan fingerprint density at radius 3 is 2.38 bits per heavy atom. The highest BCUT2D eigenvalue weighted by molar-refractivity contribution is 5.74. The molecule has 1 aromatic rings. The minimum atomic E-state index is -3.12. The van der Waals surface area contributed by atoms with Gasteiger partial charge in [0.2, 0.25) is 11.9 Å². The largest absolute Gasteiger partial charge is 0.298 e. The van der Waals surface area contributed by atoms with Gasteiger partial charge in [0.15, 0.2) is 6.29 Å². The molecule has 0 aliphatic heterocycles. The molecule has 0 fully saturated rings. The SMILES string of the molecule is O=Cc1cc(C(F)F)c(F)nc1F. The molecule has 0 saturated carbocycles. The van der Waals surface area contributed by atoms with Crippen molar-refractivity contribution in [1.29, 1.82) is 0 Å². The van der Waals surface area contributed by atoms with Gasteiger partial charge < -0.3 is 0 Å². The Labute approximate surface area is 70.2 Å². The summed E-state index contributed by atoms with van der Waals surface area (Å²) in [7, 11) is 0. The Morgan fingerprint density at radius 2 is 1.92 bits per heavy atom. The fourth-order valence-electron chi connectivity index (χ4n) is 0.738. The Hall–Kier alpha value is -1.46. The van der Waals surface area contributed by atoms with Gasteiger partial charge in [-0.05, 0) is 6.07 Å². The molecule has 70 valence electrons. The number of rotatable bonds is 2. The smallest absolute Gasteiger partial charge is 0.268 e. The van der Waals surface area contributed by atoms with Gasteiger partial charge in [-0.2, -0.15) is 13.8 Å². The van der Waals surface area contributed by atoms with Crippen molar-refractivity contribution < 1.29 is 22.4 Å². The molecule has 0 aromatic carbocycles. The van der Waals surface area contributed by atoms with Crippen molar-refractivity contribution in [1.82, 2.24) is 4.98 Å². The lowest BCUT2D eigenvalue weighted by Gasteiger charge is -2.01. The van der Waals surface area contributed by atoms with E-state index in [-0.39, 0.29) is 6.29 Å². The highest BCUT2D eigenvalue weighted by atomic mass is 19.3. The number of alkyl halides is 2. The van der Waals surface area contributed by atoms with E-state index in [2.05, 4.69) is 4.98 Å². The molecule has 6 heteroatoms. The molecule has 0 atom stereocenters. The third kappa shape index (κ3) is 1.82. The lowest BCUT2D eigenvalue weighted by atomic mass is 10.2. The van der Waals surface area contributed by atoms with Gasteiger partial charge in [-0.3, -0.25) is 4.79 Å². The normalized spacial score (nSPS) is 10.5. The summed E-state index contributed by atoms with van der Waals surface area (Å²) in [6, 6.07) is 0.440. The number of hydrogen-bond acceptors (Lipinski definition) is 2. The topological polar surface area (TPSA) is 30.0 Å². The molecule has 0 spiro atoms. The van der Waals surface area contributed by atoms with Crippen LogP contribution < -0.4 is 0 Å². The van der Waals surface area contributed by atoms with Crippen LogP contribution in [0.3, 0.4) is 0 Å². The molecule has 1 heterocycles. The van der Waals surface area contributed by atoms with Gasteiger partial charge in [-0.1, -0.05) is 0 Å². The summed E-state index contributed by atoms with van der Waals surface area (Å²) in [5, 5.41) is 0. The van der Waals surface area contributed by atoms with Crippen molar-refractivity contribution in [2.24, 2.45) is 0 Å². The summed E-state index contributed by atoms with van der Waals surface area (Å²) in [5.74, 6) is -2.99. The molecule has 1 aromatic heterocycles. The van der Waals surface area contributed by atoms with E-state index in [1.807, 2.05) is 0 Å². The molecule has 0 saturated heterocycles. The first-order valence-corrected chi connectivity index (χ1v) is 3.15. The number of carbonyl (C=O) groups is 1. The van der Waals surface area contributed by atoms with Crippen LogP contribution in [-0.4, -0.2) is 11.3 Å². The van der Waals surface area contributed by atoms with Crippen LogP contribution in [0.15, 0.2) is 6.07 Å². The van der Waals surface area contributed by atoms with Crippen LogP contribution >= 0.6 is 0 Å². The molecule has 1 rings (SSSR count). The Bertz CT molecular complexity index is 340. The van der Waals surface area contributed by atoms with E-state index in [9.17, 15) is 22.4 Å². The molecule has 0 aliphatic rings. The zero-order valence-corrected chi connectivity index (χ0v) is 6.10. The van der Waals surface area contributed by atoms with Crippen LogP contribution in [0.1, 0.15) is 22.3 Å². The number of nitrogens with zero attached hydrogens (tertiary/aromatic N) is 1. The van der Waals surface area contributed by atoms with Crippen molar-refractivity contribution in [2.45, 2.75) is 6.43 Å². The average Bonchev–Trinajstić information content (AvgIpc) is 2.03. The minimum Gasteiger partial charge on any atom is -0.298 e. The zero-order valence-electron chi connectivity index (χ0n) is 6.10. The van der Waals surface area contributed by atoms with E-state index in [0.717, 1.165) is 0 Å². The molecule has 0 N–H and O–H groups in total. The van der Waals surface area contributed by atoms with Crippen molar-refractivity contribution in [3.05, 3.63) is 29.1 Å². The fourth-order valence-corrected chi connectivity index (χ4v) is 0.738. The predicted octanol–water partition coefficient (Wildman–Crippen LogP) is 2.11. The lowest BCUT2D eigenvalue weighted by Crippen LogP contribution is -2.01. The van der Waals surface area contributed by atoms with Crippen molar-refractivity contribution in [2.75, 3.05) is 0 Å². The monoisotopic (exact) mass is 193 g/mol. The molecule has 13 heavy (non-hydrogen) atoms. The molecular weight excluding hydrogens is 190 g/mol. The van der Waals surface area contributed by atoms with E-state index < -0.39 is 29.4 Å². The van der Waals surface area contributed by atoms with Crippen molar-refractivity contribution in [3.63, 3.8) is 0 Å². The second-order valence-corrected chi connectivity index (χ2v) is 2.17. The summed E-state index contributed by atoms with van der Waals surface area (Å²) < 4.78 is 48.9. The van der Waals surface area contributed by atoms with Gasteiger partial charge in [0.1, 0.15) is 0 Å². The summed E-state index contributed by atoms with van der Waals surface area (Å²) in [4.78, 5) is 12.6. The maximum Gasteiger partial charge on any atom is 0.268 e. The minimum absolute atomic E-state index is 0.00630. The standard InChI is InChI=1S/C7H3F4NO/c8-5(9)4-1-3(2-13)6(10)12-7(4)11/h1-2,5H. The van der Waals surface area contributed by atoms with E-state index >= 15 is 0 Å². The number of hydrogen-bond donors (Lipinski definition) is 0. The predicted molar refractivity (Wildman–Crippen MR) is 34.5 cm³/mol. The Balaban J connectivity index is 3.30. The third-order valence-corrected chi connectivity index (χ3v) is 1.35. The third-order valence-electron chi connectivity index (χ3n) is 1.35. The summed E-state index contributed by atoms with van der Waals surface area (Å²) >= 11 is 0. The molecular formula is C7H3F4NO. The van der Waals surface area contributed by atoms with Crippen molar-refractivity contribution in [3.8, 4) is 0 Å². The van der Waals surface area contributed by atoms with Crippen LogP contribution in [0.25, 0.3) is 0 Å². The van der Waals surface area contributed by atoms with Crippen molar-refractivity contribution >= 4 is 6.29 Å². The zero-order chi connectivity index (χ0) is 10.0. The second kappa shape index (κ2) is 3.51. The second-order valence-electron chi connectivity index (χ2n) is 2.17. The van der Waals surface area contributed by atoms with E-state index in [4.69, 9.17) is 0 Å². The van der Waals surface area contributed by atoms with Gasteiger partial charge in [0.05, 0.1) is 11.1 Å². The number of aromatic nitrogens is 1. The molecule has 0 amide bonds. The number of carbonyl (C=O) groups excluding carboxylic acids is 1. The van der Waals surface area contributed by atoms with Gasteiger partial charge in [0.25, 0.3) is 6.43 Å². The summed E-state index contributed by atoms with van der Waals surface area (Å²) in [6.07, 6.45) is -3.13. The van der Waals surface area contributed by atoms with Gasteiger partial charge in [-0.15, -0.1) is 0 Å². The number of pyridine rings is 1. The first kappa shape index (κ1) is 9.63. The highest BCUT2D eigenvalue weighted by Crippen LogP contribution is 2.22. The first-order valence-electron chi connectivity index (χ1n) is 3.15. The summed E-state index contributed by atoms with van der Waals surface area (Å²) in [6.45, 7) is 0. The van der Waals surface area contributed by atoms with Crippen LogP contribution in [0.2, 0.25) is 0 Å². The van der Waals surface area contributed by atoms with Crippen LogP contribution in [0, 0.1) is 11.9 Å². The number of aldehydes is 1. The maximum absolute atomic E-state index is 12.5. The van der Waals surface area contributed by atoms with E-state index in [1.165, 1.54) is 0 Å². The van der Waals surface area contributed by atoms with Gasteiger partial charge in [-0.25, -0.2) is 8.78 Å². The Kier molecular flexibility index (Phi) is 2.60. The molecule has 0 unspecified atom stereocenters. The molecule has 0 aliphatic carbocycles. The van der Waals surface area contributed by atoms with E-state index in [1.54, 1.807) is 0 Å². The maximum atomic E-state index is 12.5. The molecule has 0 radical (unpaired) electrons. The van der Waals surface area contributed by atoms with Gasteiger partial charge in [0, 0.05) is 0 Å². The van der Waals surface area contributed by atoms with Crippen LogP contribution in [-0.2, 0) is 0 Å². The highest BCUT2D eigenvalue weighted by Gasteiger charge is 2.18. The molecule has 2 nitrogen and oxygen atoms in total. The first-order chi connectivity index (χ1) is 6.06. The summed E-state index contributed by atoms with van der Waals surface area (Å²) in [5.41, 5.74) is -1.76. The van der Waals surface area contributed by atoms with E-state index in [0.29, 0.717) is 6.07 Å². The quantitative estimate of drug-likeness (QED) is 0.409. The average molecular weight is 193 g/mol. The van der Waals surface area contributed by atoms with Crippen LogP contribution in [0.5, 0.6) is 0 Å². The molecule has 0 bridgehead atoms. The Morgan fingerprint density at radius 1 is 1.31 bits per heavy atom. The van der Waals surface area contributed by atoms with Crippen LogP contribution in [0.4, 0.5) is 17.6 Å². The number of halogens is 4. The van der Waals surface area contributed by atoms with Gasteiger partial charge >= 0.3 is 0 Å². The lowest BCUT2D eigenvalue weighted by molar-refractivity contribution is 0.111.